The molecule has 7 heteroatoms. The summed E-state index contributed by atoms with van der Waals surface area (Å²) in [5.41, 5.74) is 0.357. The Hall–Kier alpha value is -1.49. The highest BCUT2D eigenvalue weighted by Gasteiger charge is 2.44. The highest BCUT2D eigenvalue weighted by molar-refractivity contribution is 7.52. The van der Waals surface area contributed by atoms with E-state index in [1.54, 1.807) is 12.1 Å². The fourth-order valence-electron chi connectivity index (χ4n) is 1.70. The zero-order chi connectivity index (χ0) is 12.8. The molecule has 0 aromatic heterocycles. The summed E-state index contributed by atoms with van der Waals surface area (Å²) in [5.74, 6) is -2.78. The van der Waals surface area contributed by atoms with Crippen LogP contribution >= 0.6 is 7.60 Å². The van der Waals surface area contributed by atoms with Gasteiger partial charge in [-0.3, -0.25) is 19.1 Å². The Morgan fingerprint density at radius 1 is 1.12 bits per heavy atom. The van der Waals surface area contributed by atoms with E-state index in [4.69, 9.17) is 9.79 Å². The maximum absolute atomic E-state index is 11.9. The molecule has 0 fully saturated rings. The van der Waals surface area contributed by atoms with Gasteiger partial charge >= 0.3 is 7.60 Å². The Morgan fingerprint density at radius 3 is 1.88 bits per heavy atom. The smallest absolute Gasteiger partial charge is 0.323 e. The van der Waals surface area contributed by atoms with Gasteiger partial charge in [-0.1, -0.05) is 12.1 Å². The number of benzene rings is 1. The summed E-state index contributed by atoms with van der Waals surface area (Å²) in [6.45, 7) is 1.16. The molecule has 2 rings (SSSR count). The van der Waals surface area contributed by atoms with Gasteiger partial charge in [-0.2, -0.15) is 0 Å². The topological polar surface area (TPSA) is 94.9 Å². The molecule has 0 bridgehead atoms. The molecule has 0 saturated carbocycles. The lowest BCUT2D eigenvalue weighted by molar-refractivity contribution is 0.0624. The monoisotopic (exact) mass is 255 g/mol. The number of hydrogen-bond acceptors (Lipinski definition) is 3. The number of nitrogens with zero attached hydrogens (tertiary/aromatic N) is 1. The first-order chi connectivity index (χ1) is 7.84. The van der Waals surface area contributed by atoms with Crippen LogP contribution < -0.4 is 0 Å². The third kappa shape index (κ3) is 1.80. The van der Waals surface area contributed by atoms with Crippen LogP contribution in [0.4, 0.5) is 0 Å². The minimum atomic E-state index is -4.52. The van der Waals surface area contributed by atoms with Gasteiger partial charge in [-0.05, 0) is 19.1 Å². The molecule has 0 spiro atoms. The average Bonchev–Trinajstić information content (AvgIpc) is 2.51. The molecule has 2 amide bonds. The van der Waals surface area contributed by atoms with Crippen LogP contribution in [0.2, 0.25) is 0 Å². The number of hydrogen-bond donors (Lipinski definition) is 2. The summed E-state index contributed by atoms with van der Waals surface area (Å²) in [7, 11) is -4.52. The lowest BCUT2D eigenvalue weighted by Crippen LogP contribution is -2.37. The fraction of sp³-hybridized carbons (Fsp3) is 0.200. The van der Waals surface area contributed by atoms with Gasteiger partial charge in [-0.25, -0.2) is 0 Å². The summed E-state index contributed by atoms with van der Waals surface area (Å²) in [5, 5.41) is 0. The van der Waals surface area contributed by atoms with E-state index >= 15 is 0 Å². The van der Waals surface area contributed by atoms with Crippen molar-refractivity contribution in [3.8, 4) is 0 Å². The van der Waals surface area contributed by atoms with Gasteiger partial charge < -0.3 is 9.79 Å². The summed E-state index contributed by atoms with van der Waals surface area (Å²) in [6.07, 6.45) is 0. The van der Waals surface area contributed by atoms with Crippen molar-refractivity contribution in [1.29, 1.82) is 0 Å². The van der Waals surface area contributed by atoms with Gasteiger partial charge in [0, 0.05) is 0 Å². The van der Waals surface area contributed by atoms with Crippen molar-refractivity contribution < 1.29 is 23.9 Å². The Labute approximate surface area is 97.0 Å². The molecular weight excluding hydrogens is 245 g/mol. The van der Waals surface area contributed by atoms with Gasteiger partial charge in [0.1, 0.15) is 5.78 Å². The highest BCUT2D eigenvalue weighted by Crippen LogP contribution is 2.44. The van der Waals surface area contributed by atoms with Gasteiger partial charge in [-0.15, -0.1) is 0 Å². The van der Waals surface area contributed by atoms with Crippen LogP contribution in [0.5, 0.6) is 0 Å². The third-order valence-corrected chi connectivity index (χ3v) is 3.89. The number of carbonyl (C=O) groups excluding carboxylic acids is 2. The van der Waals surface area contributed by atoms with Gasteiger partial charge in [0.25, 0.3) is 11.8 Å². The zero-order valence-corrected chi connectivity index (χ0v) is 9.79. The summed E-state index contributed by atoms with van der Waals surface area (Å²) < 4.78 is 11.1. The summed E-state index contributed by atoms with van der Waals surface area (Å²) >= 11 is 0. The number of fused-ring (bicyclic) bond motifs is 1. The van der Waals surface area contributed by atoms with Crippen LogP contribution in [0, 0.1) is 0 Å². The minimum absolute atomic E-state index is 0.179. The van der Waals surface area contributed by atoms with E-state index in [9.17, 15) is 14.2 Å². The van der Waals surface area contributed by atoms with Crippen LogP contribution in [0.3, 0.4) is 0 Å². The standard InChI is InChI=1S/C10H10NO5P/c1-6(17(14,15)16)11-9(12)7-4-2-3-5-8(7)10(11)13/h2-6H,1H3,(H2,14,15,16). The van der Waals surface area contributed by atoms with Crippen LogP contribution in [-0.2, 0) is 4.57 Å². The van der Waals surface area contributed by atoms with Gasteiger partial charge in [0.2, 0.25) is 0 Å². The van der Waals surface area contributed by atoms with Crippen molar-refractivity contribution in [3.63, 3.8) is 0 Å². The van der Waals surface area contributed by atoms with Crippen molar-refractivity contribution in [1.82, 2.24) is 4.90 Å². The molecule has 1 aliphatic rings. The van der Waals surface area contributed by atoms with Crippen LogP contribution in [0.15, 0.2) is 24.3 Å². The average molecular weight is 255 g/mol. The molecule has 0 aliphatic carbocycles. The second kappa shape index (κ2) is 3.77. The predicted octanol–water partition coefficient (Wildman–Crippen LogP) is 0.806. The molecule has 17 heavy (non-hydrogen) atoms. The second-order valence-electron chi connectivity index (χ2n) is 3.75. The zero-order valence-electron chi connectivity index (χ0n) is 8.90. The first-order valence-corrected chi connectivity index (χ1v) is 6.54. The van der Waals surface area contributed by atoms with Crippen LogP contribution in [0.25, 0.3) is 0 Å². The lowest BCUT2D eigenvalue weighted by Gasteiger charge is -2.22. The van der Waals surface area contributed by atoms with Gasteiger partial charge in [0.05, 0.1) is 11.1 Å². The predicted molar refractivity (Wildman–Crippen MR) is 58.4 cm³/mol. The molecule has 1 aromatic rings. The second-order valence-corrected chi connectivity index (χ2v) is 5.67. The fourth-order valence-corrected chi connectivity index (χ4v) is 2.21. The maximum Gasteiger partial charge on any atom is 0.348 e. The highest BCUT2D eigenvalue weighted by atomic mass is 31.2. The molecule has 0 radical (unpaired) electrons. The van der Waals surface area contributed by atoms with Crippen molar-refractivity contribution in [2.24, 2.45) is 0 Å². The Bertz CT molecular complexity index is 514. The number of carbonyl (C=O) groups is 2. The molecule has 2 N–H and O–H groups in total. The molecule has 90 valence electrons. The Kier molecular flexibility index (Phi) is 2.66. The number of imide groups is 1. The minimum Gasteiger partial charge on any atom is -0.323 e. The van der Waals surface area contributed by atoms with Crippen molar-refractivity contribution in [2.75, 3.05) is 0 Å². The van der Waals surface area contributed by atoms with E-state index < -0.39 is 25.2 Å². The van der Waals surface area contributed by atoms with E-state index in [2.05, 4.69) is 0 Å². The maximum atomic E-state index is 11.9. The van der Waals surface area contributed by atoms with Gasteiger partial charge in [0.15, 0.2) is 0 Å². The Morgan fingerprint density at radius 2 is 1.53 bits per heavy atom. The normalized spacial score (nSPS) is 17.2. The van der Waals surface area contributed by atoms with Crippen LogP contribution in [-0.4, -0.2) is 32.3 Å². The number of amides is 2. The van der Waals surface area contributed by atoms with E-state index in [1.165, 1.54) is 12.1 Å². The van der Waals surface area contributed by atoms with Crippen molar-refractivity contribution in [3.05, 3.63) is 35.4 Å². The molecular formula is C10H10NO5P. The molecule has 1 aromatic carbocycles. The summed E-state index contributed by atoms with van der Waals surface area (Å²) in [4.78, 5) is 42.4. The van der Waals surface area contributed by atoms with E-state index in [-0.39, 0.29) is 11.1 Å². The quantitative estimate of drug-likeness (QED) is 0.602. The SMILES string of the molecule is CC(N1C(=O)c2ccccc2C1=O)P(=O)(O)O. The van der Waals surface area contributed by atoms with E-state index in [1.807, 2.05) is 0 Å². The first kappa shape index (κ1) is 12.0. The summed E-state index contributed by atoms with van der Waals surface area (Å²) in [6, 6.07) is 6.11. The van der Waals surface area contributed by atoms with Crippen molar-refractivity contribution in [2.45, 2.75) is 12.7 Å². The number of rotatable bonds is 2. The third-order valence-electron chi connectivity index (χ3n) is 2.69. The molecule has 1 atom stereocenters. The molecule has 6 nitrogen and oxygen atoms in total. The largest absolute Gasteiger partial charge is 0.348 e. The lowest BCUT2D eigenvalue weighted by atomic mass is 10.1. The molecule has 0 saturated heterocycles. The van der Waals surface area contributed by atoms with Crippen molar-refractivity contribution >= 4 is 19.4 Å². The Balaban J connectivity index is 2.47. The van der Waals surface area contributed by atoms with E-state index in [0.717, 1.165) is 6.92 Å². The van der Waals surface area contributed by atoms with E-state index in [0.29, 0.717) is 4.90 Å². The molecule has 1 heterocycles. The van der Waals surface area contributed by atoms with Crippen LogP contribution in [0.1, 0.15) is 27.6 Å². The first-order valence-electron chi connectivity index (χ1n) is 4.86. The molecule has 1 aliphatic heterocycles. The molecule has 1 unspecified atom stereocenters.